The Morgan fingerprint density at radius 1 is 1.08 bits per heavy atom. The molecule has 2 saturated heterocycles. The van der Waals surface area contributed by atoms with Crippen molar-refractivity contribution in [3.63, 3.8) is 0 Å². The van der Waals surface area contributed by atoms with Crippen LogP contribution in [0.3, 0.4) is 0 Å². The summed E-state index contributed by atoms with van der Waals surface area (Å²) >= 11 is 0. The highest BCUT2D eigenvalue weighted by atomic mass is 16.6. The summed E-state index contributed by atoms with van der Waals surface area (Å²) < 4.78 is 28.3. The second-order valence-corrected chi connectivity index (χ2v) is 14.2. The average molecular weight is 707 g/mol. The highest BCUT2D eigenvalue weighted by molar-refractivity contribution is 6.00. The minimum absolute atomic E-state index is 0.0267. The number of fused-ring (bicyclic) bond motifs is 3. The lowest BCUT2D eigenvalue weighted by atomic mass is 9.87. The van der Waals surface area contributed by atoms with Crippen LogP contribution in [0.4, 0.5) is 4.79 Å². The van der Waals surface area contributed by atoms with Crippen LogP contribution >= 0.6 is 0 Å². The van der Waals surface area contributed by atoms with Crippen molar-refractivity contribution in [2.24, 2.45) is 0 Å². The Kier molecular flexibility index (Phi) is 10.3. The van der Waals surface area contributed by atoms with Crippen LogP contribution in [-0.4, -0.2) is 98.8 Å². The van der Waals surface area contributed by atoms with Gasteiger partial charge < -0.3 is 43.8 Å². The summed E-state index contributed by atoms with van der Waals surface area (Å²) in [6, 6.07) is 9.98. The van der Waals surface area contributed by atoms with Crippen LogP contribution in [0.2, 0.25) is 0 Å². The van der Waals surface area contributed by atoms with E-state index >= 15 is 0 Å². The third-order valence-electron chi connectivity index (χ3n) is 9.49. The molecule has 3 aliphatic heterocycles. The smallest absolute Gasteiger partial charge is 0.412 e. The summed E-state index contributed by atoms with van der Waals surface area (Å²) in [4.78, 5) is 47.5. The Labute approximate surface area is 296 Å². The van der Waals surface area contributed by atoms with Crippen LogP contribution in [0.15, 0.2) is 47.2 Å². The van der Waals surface area contributed by atoms with Crippen LogP contribution in [0.1, 0.15) is 83.8 Å². The molecule has 3 aromatic rings. The Morgan fingerprint density at radius 3 is 2.49 bits per heavy atom. The molecule has 4 atom stereocenters. The molecule has 3 aliphatic rings. The quantitative estimate of drug-likeness (QED) is 0.280. The molecule has 14 heteroatoms. The first-order valence-corrected chi connectivity index (χ1v) is 17.3. The number of morpholine rings is 1. The third kappa shape index (κ3) is 7.67. The van der Waals surface area contributed by atoms with Crippen LogP contribution in [0, 0.1) is 6.92 Å². The number of amides is 3. The largest absolute Gasteiger partial charge is 0.493 e. The van der Waals surface area contributed by atoms with E-state index in [1.54, 1.807) is 58.0 Å². The molecule has 51 heavy (non-hydrogen) atoms. The number of aryl methyl sites for hydroxylation is 1. The number of hydrogen-bond acceptors (Lipinski definition) is 11. The first-order valence-electron chi connectivity index (χ1n) is 17.3. The van der Waals surface area contributed by atoms with E-state index in [0.717, 1.165) is 17.7 Å². The highest BCUT2D eigenvalue weighted by Crippen LogP contribution is 2.36. The number of nitrogens with one attached hydrogen (secondary N) is 1. The number of ether oxygens (including phenoxy) is 4. The van der Waals surface area contributed by atoms with Crippen LogP contribution in [-0.2, 0) is 29.0 Å². The van der Waals surface area contributed by atoms with Gasteiger partial charge in [0.1, 0.15) is 29.8 Å². The molecule has 1 aromatic heterocycles. The van der Waals surface area contributed by atoms with Crippen molar-refractivity contribution in [3.05, 3.63) is 76.5 Å². The van der Waals surface area contributed by atoms with Crippen molar-refractivity contribution in [1.82, 2.24) is 20.1 Å². The van der Waals surface area contributed by atoms with E-state index in [-0.39, 0.29) is 55.5 Å². The fourth-order valence-corrected chi connectivity index (χ4v) is 6.82. The van der Waals surface area contributed by atoms with Gasteiger partial charge in [-0.3, -0.25) is 14.5 Å². The molecule has 2 aromatic carbocycles. The fraction of sp³-hybridized carbons (Fsp3) is 0.514. The zero-order valence-corrected chi connectivity index (χ0v) is 29.6. The minimum atomic E-state index is -2.14. The number of aliphatic hydroxyl groups excluding tert-OH is 1. The van der Waals surface area contributed by atoms with Gasteiger partial charge in [-0.05, 0) is 88.9 Å². The number of oxazole rings is 1. The standard InChI is InChI=1S/C37H46N4O10/c1-6-48-30-14-23(34(44)41-26-9-10-27(41)19-47-18-26)8-12-29(30)33(43)38-16-32(42)37(46)15-24-7-11-28(49-20-31-22(2)39-21-50-31)13-25(24)17-40(37)35(45)51-36(3,4)5/h7-8,11-14,21,26-27,32,42,46H,6,9-10,15-20H2,1-5H3,(H,38,43)/t26?,27?,32-,37+/m1/s1. The van der Waals surface area contributed by atoms with E-state index < -0.39 is 36.0 Å². The van der Waals surface area contributed by atoms with Crippen molar-refractivity contribution in [2.45, 2.75) is 96.5 Å². The van der Waals surface area contributed by atoms with E-state index in [4.69, 9.17) is 23.4 Å². The molecule has 3 N–H and O–H groups in total. The monoisotopic (exact) mass is 706 g/mol. The van der Waals surface area contributed by atoms with Gasteiger partial charge in [-0.2, -0.15) is 0 Å². The summed E-state index contributed by atoms with van der Waals surface area (Å²) in [6.07, 6.45) is 0.518. The van der Waals surface area contributed by atoms with Gasteiger partial charge in [-0.25, -0.2) is 9.78 Å². The number of aromatic nitrogens is 1. The summed E-state index contributed by atoms with van der Waals surface area (Å²) in [6.45, 7) is 9.61. The van der Waals surface area contributed by atoms with Gasteiger partial charge in [-0.15, -0.1) is 0 Å². The van der Waals surface area contributed by atoms with Gasteiger partial charge in [-0.1, -0.05) is 6.07 Å². The van der Waals surface area contributed by atoms with E-state index in [1.807, 2.05) is 11.8 Å². The Hall–Kier alpha value is -4.66. The van der Waals surface area contributed by atoms with Crippen molar-refractivity contribution in [1.29, 1.82) is 0 Å². The Bertz CT molecular complexity index is 1750. The lowest BCUT2D eigenvalue weighted by Gasteiger charge is -2.46. The molecule has 0 saturated carbocycles. The van der Waals surface area contributed by atoms with Crippen LogP contribution < -0.4 is 14.8 Å². The van der Waals surface area contributed by atoms with Gasteiger partial charge in [0.15, 0.2) is 17.9 Å². The predicted molar refractivity (Wildman–Crippen MR) is 182 cm³/mol. The zero-order chi connectivity index (χ0) is 36.5. The lowest BCUT2D eigenvalue weighted by Crippen LogP contribution is -2.64. The molecule has 0 spiro atoms. The number of rotatable bonds is 10. The fourth-order valence-electron chi connectivity index (χ4n) is 6.82. The maximum absolute atomic E-state index is 13.5. The van der Waals surface area contributed by atoms with E-state index in [9.17, 15) is 24.6 Å². The van der Waals surface area contributed by atoms with Crippen molar-refractivity contribution < 1.29 is 48.0 Å². The molecule has 4 heterocycles. The highest BCUT2D eigenvalue weighted by Gasteiger charge is 2.49. The van der Waals surface area contributed by atoms with Crippen molar-refractivity contribution in [3.8, 4) is 11.5 Å². The molecule has 2 unspecified atom stereocenters. The Balaban J connectivity index is 1.18. The molecule has 2 bridgehead atoms. The summed E-state index contributed by atoms with van der Waals surface area (Å²) in [5.41, 5.74) is -0.387. The van der Waals surface area contributed by atoms with Crippen molar-refractivity contribution in [2.75, 3.05) is 26.4 Å². The maximum Gasteiger partial charge on any atom is 0.412 e. The summed E-state index contributed by atoms with van der Waals surface area (Å²) in [5, 5.41) is 26.2. The lowest BCUT2D eigenvalue weighted by molar-refractivity contribution is -0.177. The SMILES string of the molecule is CCOc1cc(C(=O)N2C3CCC2COC3)ccc1C(=O)NC[C@@H](O)[C@@]1(O)Cc2ccc(OCc3ocnc3C)cc2CN1C(=O)OC(C)(C)C. The third-order valence-corrected chi connectivity index (χ3v) is 9.49. The molecule has 3 amide bonds. The average Bonchev–Trinajstić information content (AvgIpc) is 3.61. The molecular weight excluding hydrogens is 660 g/mol. The topological polar surface area (TPSA) is 173 Å². The first kappa shape index (κ1) is 36.1. The predicted octanol–water partition coefficient (Wildman–Crippen LogP) is 3.74. The van der Waals surface area contributed by atoms with E-state index in [1.165, 1.54) is 12.5 Å². The Morgan fingerprint density at radius 2 is 1.82 bits per heavy atom. The number of hydrogen-bond donors (Lipinski definition) is 3. The molecule has 6 rings (SSSR count). The van der Waals surface area contributed by atoms with Gasteiger partial charge >= 0.3 is 6.09 Å². The molecule has 274 valence electrons. The van der Waals surface area contributed by atoms with E-state index in [0.29, 0.717) is 47.1 Å². The van der Waals surface area contributed by atoms with Gasteiger partial charge in [0.2, 0.25) is 0 Å². The molecule has 0 radical (unpaired) electrons. The number of nitrogens with zero attached hydrogens (tertiary/aromatic N) is 3. The van der Waals surface area contributed by atoms with Gasteiger partial charge in [0.05, 0.1) is 49.7 Å². The van der Waals surface area contributed by atoms with Gasteiger partial charge in [0, 0.05) is 18.5 Å². The summed E-state index contributed by atoms with van der Waals surface area (Å²) in [5.74, 6) is 0.588. The number of aliphatic hydroxyl groups is 2. The summed E-state index contributed by atoms with van der Waals surface area (Å²) in [7, 11) is 0. The van der Waals surface area contributed by atoms with Crippen molar-refractivity contribution >= 4 is 17.9 Å². The number of benzene rings is 2. The van der Waals surface area contributed by atoms with Crippen LogP contribution in [0.5, 0.6) is 11.5 Å². The zero-order valence-electron chi connectivity index (χ0n) is 29.6. The number of carbonyl (C=O) groups is 3. The van der Waals surface area contributed by atoms with Gasteiger partial charge in [0.25, 0.3) is 11.8 Å². The molecule has 2 fully saturated rings. The second-order valence-electron chi connectivity index (χ2n) is 14.2. The first-order chi connectivity index (χ1) is 24.3. The number of carbonyl (C=O) groups excluding carboxylic acids is 3. The molecular formula is C37H46N4O10. The van der Waals surface area contributed by atoms with E-state index in [2.05, 4.69) is 10.3 Å². The van der Waals surface area contributed by atoms with Crippen LogP contribution in [0.25, 0.3) is 0 Å². The normalized spacial score (nSPS) is 21.9. The second kappa shape index (κ2) is 14.5. The molecule has 0 aliphatic carbocycles. The maximum atomic E-state index is 13.5. The minimum Gasteiger partial charge on any atom is -0.493 e. The molecule has 14 nitrogen and oxygen atoms in total.